The van der Waals surface area contributed by atoms with E-state index >= 15 is 0 Å². The lowest BCUT2D eigenvalue weighted by atomic mass is 10.2. The third-order valence-electron chi connectivity index (χ3n) is 4.01. The summed E-state index contributed by atoms with van der Waals surface area (Å²) in [5.41, 5.74) is 3.71. The molecule has 29 heavy (non-hydrogen) atoms. The predicted molar refractivity (Wildman–Crippen MR) is 116 cm³/mol. The molecular weight excluding hydrogens is 384 g/mol. The molecule has 2 N–H and O–H groups in total. The molecule has 4 rings (SSSR count). The third kappa shape index (κ3) is 5.18. The van der Waals surface area contributed by atoms with Gasteiger partial charge in [0.05, 0.1) is 5.69 Å². The summed E-state index contributed by atoms with van der Waals surface area (Å²) in [6.07, 6.45) is 3.42. The number of hydrogen-bond donors (Lipinski definition) is 2. The van der Waals surface area contributed by atoms with Crippen molar-refractivity contribution in [3.05, 3.63) is 84.5 Å². The Bertz CT molecular complexity index is 1070. The van der Waals surface area contributed by atoms with Gasteiger partial charge in [-0.25, -0.2) is 4.98 Å². The molecule has 0 saturated heterocycles. The standard InChI is InChI=1S/C22H18N4O2S/c27-21(26-22-25-20(15-29-22)16-10-12-23-13-11-16)14-28-19-8-6-18(7-9-19)24-17-4-2-1-3-5-17/h1-13,15,24H,14H2,(H,25,26,27). The van der Waals surface area contributed by atoms with Gasteiger partial charge in [-0.05, 0) is 48.5 Å². The van der Waals surface area contributed by atoms with Gasteiger partial charge in [-0.2, -0.15) is 0 Å². The summed E-state index contributed by atoms with van der Waals surface area (Å²) in [5.74, 6) is 0.363. The zero-order valence-electron chi connectivity index (χ0n) is 15.4. The van der Waals surface area contributed by atoms with E-state index in [0.717, 1.165) is 22.6 Å². The highest BCUT2D eigenvalue weighted by molar-refractivity contribution is 7.14. The van der Waals surface area contributed by atoms with E-state index in [2.05, 4.69) is 20.6 Å². The molecule has 4 aromatic rings. The first-order valence-electron chi connectivity index (χ1n) is 8.97. The van der Waals surface area contributed by atoms with Crippen LogP contribution in [0.25, 0.3) is 11.3 Å². The first kappa shape index (κ1) is 18.6. The summed E-state index contributed by atoms with van der Waals surface area (Å²) >= 11 is 1.37. The first-order valence-corrected chi connectivity index (χ1v) is 9.85. The van der Waals surface area contributed by atoms with Crippen molar-refractivity contribution >= 4 is 33.8 Å². The number of pyridine rings is 1. The number of aromatic nitrogens is 2. The number of ether oxygens (including phenoxy) is 1. The van der Waals surface area contributed by atoms with Gasteiger partial charge in [-0.1, -0.05) is 18.2 Å². The monoisotopic (exact) mass is 402 g/mol. The van der Waals surface area contributed by atoms with Crippen LogP contribution < -0.4 is 15.4 Å². The molecule has 0 aliphatic carbocycles. The number of thiazole rings is 1. The fraction of sp³-hybridized carbons (Fsp3) is 0.0455. The van der Waals surface area contributed by atoms with Crippen molar-refractivity contribution in [1.82, 2.24) is 9.97 Å². The molecule has 7 heteroatoms. The van der Waals surface area contributed by atoms with Gasteiger partial charge in [0, 0.05) is 34.7 Å². The molecule has 2 aromatic carbocycles. The third-order valence-corrected chi connectivity index (χ3v) is 4.77. The molecule has 2 aromatic heterocycles. The van der Waals surface area contributed by atoms with Crippen LogP contribution in [0.15, 0.2) is 84.5 Å². The lowest BCUT2D eigenvalue weighted by Gasteiger charge is -2.09. The Morgan fingerprint density at radius 3 is 2.41 bits per heavy atom. The number of para-hydroxylation sites is 1. The van der Waals surface area contributed by atoms with Crippen molar-refractivity contribution in [3.8, 4) is 17.0 Å². The van der Waals surface area contributed by atoms with Crippen molar-refractivity contribution in [1.29, 1.82) is 0 Å². The molecule has 0 radical (unpaired) electrons. The Kier molecular flexibility index (Phi) is 5.78. The molecule has 6 nitrogen and oxygen atoms in total. The van der Waals surface area contributed by atoms with E-state index in [0.29, 0.717) is 10.9 Å². The van der Waals surface area contributed by atoms with E-state index in [9.17, 15) is 4.79 Å². The number of rotatable bonds is 7. The minimum absolute atomic E-state index is 0.0877. The van der Waals surface area contributed by atoms with Crippen molar-refractivity contribution in [2.45, 2.75) is 0 Å². The fourth-order valence-corrected chi connectivity index (χ4v) is 3.35. The summed E-state index contributed by atoms with van der Waals surface area (Å²) in [7, 11) is 0. The van der Waals surface area contributed by atoms with Crippen LogP contribution in [0.3, 0.4) is 0 Å². The van der Waals surface area contributed by atoms with Gasteiger partial charge in [-0.15, -0.1) is 11.3 Å². The summed E-state index contributed by atoms with van der Waals surface area (Å²) in [6, 6.07) is 21.1. The first-order chi connectivity index (χ1) is 14.3. The quantitative estimate of drug-likeness (QED) is 0.457. The number of anilines is 3. The van der Waals surface area contributed by atoms with E-state index in [1.165, 1.54) is 11.3 Å². The van der Waals surface area contributed by atoms with Gasteiger partial charge in [0.25, 0.3) is 5.91 Å². The molecule has 0 unspecified atom stereocenters. The molecule has 0 spiro atoms. The minimum atomic E-state index is -0.257. The Morgan fingerprint density at radius 2 is 1.66 bits per heavy atom. The van der Waals surface area contributed by atoms with E-state index in [1.54, 1.807) is 12.4 Å². The second-order valence-corrected chi connectivity index (χ2v) is 6.98. The van der Waals surface area contributed by atoms with E-state index < -0.39 is 0 Å². The van der Waals surface area contributed by atoms with Crippen LogP contribution in [-0.4, -0.2) is 22.5 Å². The molecule has 0 fully saturated rings. The minimum Gasteiger partial charge on any atom is -0.484 e. The zero-order chi connectivity index (χ0) is 19.9. The van der Waals surface area contributed by atoms with Crippen LogP contribution in [0.4, 0.5) is 16.5 Å². The molecular formula is C22H18N4O2S. The van der Waals surface area contributed by atoms with Gasteiger partial charge in [0.15, 0.2) is 11.7 Å². The molecule has 144 valence electrons. The Balaban J connectivity index is 1.28. The normalized spacial score (nSPS) is 10.3. The van der Waals surface area contributed by atoms with Crippen molar-refractivity contribution in [3.63, 3.8) is 0 Å². The summed E-state index contributed by atoms with van der Waals surface area (Å²) < 4.78 is 5.57. The van der Waals surface area contributed by atoms with Gasteiger partial charge in [0.1, 0.15) is 5.75 Å². The Morgan fingerprint density at radius 1 is 0.931 bits per heavy atom. The highest BCUT2D eigenvalue weighted by atomic mass is 32.1. The second-order valence-electron chi connectivity index (χ2n) is 6.13. The molecule has 0 aliphatic heterocycles. The SMILES string of the molecule is O=C(COc1ccc(Nc2ccccc2)cc1)Nc1nc(-c2ccncc2)cs1. The number of nitrogens with zero attached hydrogens (tertiary/aromatic N) is 2. The maximum absolute atomic E-state index is 12.1. The van der Waals surface area contributed by atoms with Crippen LogP contribution in [-0.2, 0) is 4.79 Å². The molecule has 0 bridgehead atoms. The average molecular weight is 402 g/mol. The molecule has 0 aliphatic rings. The lowest BCUT2D eigenvalue weighted by Crippen LogP contribution is -2.20. The van der Waals surface area contributed by atoms with Gasteiger partial charge < -0.3 is 10.1 Å². The van der Waals surface area contributed by atoms with Crippen LogP contribution in [0.1, 0.15) is 0 Å². The molecule has 0 saturated carbocycles. The van der Waals surface area contributed by atoms with E-state index in [1.807, 2.05) is 72.1 Å². The zero-order valence-corrected chi connectivity index (χ0v) is 16.2. The molecule has 2 heterocycles. The smallest absolute Gasteiger partial charge is 0.264 e. The maximum atomic E-state index is 12.1. The number of benzene rings is 2. The Hall–Kier alpha value is -3.71. The largest absolute Gasteiger partial charge is 0.484 e. The summed E-state index contributed by atoms with van der Waals surface area (Å²) in [5, 5.41) is 8.49. The van der Waals surface area contributed by atoms with E-state index in [4.69, 9.17) is 4.74 Å². The number of carbonyl (C=O) groups is 1. The molecule has 0 atom stereocenters. The van der Waals surface area contributed by atoms with Crippen LogP contribution in [0.5, 0.6) is 5.75 Å². The highest BCUT2D eigenvalue weighted by Crippen LogP contribution is 2.24. The van der Waals surface area contributed by atoms with Crippen LogP contribution >= 0.6 is 11.3 Å². The fourth-order valence-electron chi connectivity index (χ4n) is 2.61. The van der Waals surface area contributed by atoms with Crippen LogP contribution in [0.2, 0.25) is 0 Å². The van der Waals surface area contributed by atoms with Gasteiger partial charge in [-0.3, -0.25) is 15.1 Å². The van der Waals surface area contributed by atoms with Crippen molar-refractivity contribution in [2.75, 3.05) is 17.2 Å². The summed E-state index contributed by atoms with van der Waals surface area (Å²) in [6.45, 7) is -0.0877. The highest BCUT2D eigenvalue weighted by Gasteiger charge is 2.09. The Labute approximate surface area is 172 Å². The number of amides is 1. The number of nitrogens with one attached hydrogen (secondary N) is 2. The molecule has 1 amide bonds. The van der Waals surface area contributed by atoms with E-state index in [-0.39, 0.29) is 12.5 Å². The van der Waals surface area contributed by atoms with Gasteiger partial charge in [0.2, 0.25) is 0 Å². The van der Waals surface area contributed by atoms with Crippen molar-refractivity contribution in [2.24, 2.45) is 0 Å². The topological polar surface area (TPSA) is 76.1 Å². The summed E-state index contributed by atoms with van der Waals surface area (Å²) in [4.78, 5) is 20.6. The maximum Gasteiger partial charge on any atom is 0.264 e. The number of carbonyl (C=O) groups excluding carboxylic acids is 1. The van der Waals surface area contributed by atoms with Crippen molar-refractivity contribution < 1.29 is 9.53 Å². The average Bonchev–Trinajstić information content (AvgIpc) is 3.23. The van der Waals surface area contributed by atoms with Crippen LogP contribution in [0, 0.1) is 0 Å². The number of hydrogen-bond acceptors (Lipinski definition) is 6. The second kappa shape index (κ2) is 8.99. The lowest BCUT2D eigenvalue weighted by molar-refractivity contribution is -0.118. The predicted octanol–water partition coefficient (Wildman–Crippen LogP) is 4.97. The van der Waals surface area contributed by atoms with Gasteiger partial charge >= 0.3 is 0 Å².